The second-order valence-electron chi connectivity index (χ2n) is 8.15. The molecule has 0 spiro atoms. The van der Waals surface area contributed by atoms with Gasteiger partial charge < -0.3 is 4.52 Å². The Kier molecular flexibility index (Phi) is 6.76. The van der Waals surface area contributed by atoms with Crippen molar-refractivity contribution in [3.8, 4) is 5.75 Å². The van der Waals surface area contributed by atoms with Gasteiger partial charge in [0.2, 0.25) is 0 Å². The highest BCUT2D eigenvalue weighted by molar-refractivity contribution is 7.62. The molecule has 3 rings (SSSR count). The van der Waals surface area contributed by atoms with Gasteiger partial charge in [-0.2, -0.15) is 0 Å². The largest absolute Gasteiger partial charge is 0.421 e. The molecular weight excluding hydrogens is 389 g/mol. The zero-order valence-electron chi connectivity index (χ0n) is 17.1. The van der Waals surface area contributed by atoms with Gasteiger partial charge in [-0.3, -0.25) is 14.6 Å². The van der Waals surface area contributed by atoms with E-state index in [2.05, 4.69) is 20.8 Å². The Morgan fingerprint density at radius 2 is 1.72 bits per heavy atom. The minimum atomic E-state index is -3.67. The lowest BCUT2D eigenvalue weighted by Gasteiger charge is -2.38. The summed E-state index contributed by atoms with van der Waals surface area (Å²) in [5.41, 5.74) is -0.0474. The zero-order chi connectivity index (χ0) is 21.0. The Morgan fingerprint density at radius 1 is 1.07 bits per heavy atom. The fraction of sp³-hybridized carbons (Fsp3) is 0.455. The fourth-order valence-corrected chi connectivity index (χ4v) is 5.73. The molecule has 0 amide bonds. The van der Waals surface area contributed by atoms with Crippen LogP contribution < -0.4 is 9.83 Å². The van der Waals surface area contributed by atoms with Gasteiger partial charge in [-0.1, -0.05) is 45.4 Å². The molecule has 4 atom stereocenters. The van der Waals surface area contributed by atoms with Crippen LogP contribution in [-0.4, -0.2) is 11.0 Å². The number of hydrogen-bond donors (Lipinski definition) is 0. The lowest BCUT2D eigenvalue weighted by atomic mass is 9.75. The van der Waals surface area contributed by atoms with E-state index in [-0.39, 0.29) is 17.5 Å². The van der Waals surface area contributed by atoms with E-state index in [1.165, 1.54) is 24.3 Å². The molecule has 0 unspecified atom stereocenters. The Balaban J connectivity index is 1.91. The van der Waals surface area contributed by atoms with E-state index in [9.17, 15) is 14.7 Å². The highest BCUT2D eigenvalue weighted by atomic mass is 31.2. The average molecular weight is 417 g/mol. The van der Waals surface area contributed by atoms with Crippen LogP contribution in [0.3, 0.4) is 0 Å². The average Bonchev–Trinajstić information content (AvgIpc) is 2.69. The molecule has 2 aromatic carbocycles. The molecule has 0 aromatic heterocycles. The van der Waals surface area contributed by atoms with Crippen molar-refractivity contribution in [2.75, 3.05) is 0 Å². The third-order valence-corrected chi connectivity index (χ3v) is 7.51. The van der Waals surface area contributed by atoms with E-state index in [0.29, 0.717) is 23.1 Å². The monoisotopic (exact) mass is 417 g/mol. The first-order chi connectivity index (χ1) is 13.8. The van der Waals surface area contributed by atoms with Crippen LogP contribution in [0.1, 0.15) is 40.0 Å². The molecule has 7 heteroatoms. The molecule has 29 heavy (non-hydrogen) atoms. The van der Waals surface area contributed by atoms with Crippen LogP contribution in [0.2, 0.25) is 0 Å². The van der Waals surface area contributed by atoms with Crippen molar-refractivity contribution in [1.82, 2.24) is 0 Å². The second kappa shape index (κ2) is 9.10. The normalized spacial score (nSPS) is 24.1. The fourth-order valence-electron chi connectivity index (χ4n) is 3.93. The molecular formula is C22H28NO5P. The van der Waals surface area contributed by atoms with Gasteiger partial charge in [0.05, 0.1) is 16.3 Å². The third kappa shape index (κ3) is 5.26. The highest BCUT2D eigenvalue weighted by Gasteiger charge is 2.39. The Morgan fingerprint density at radius 3 is 2.31 bits per heavy atom. The van der Waals surface area contributed by atoms with Crippen molar-refractivity contribution < 1.29 is 18.5 Å². The van der Waals surface area contributed by atoms with Crippen molar-refractivity contribution in [1.29, 1.82) is 0 Å². The van der Waals surface area contributed by atoms with Gasteiger partial charge in [0, 0.05) is 12.1 Å². The van der Waals surface area contributed by atoms with E-state index in [0.717, 1.165) is 19.3 Å². The molecule has 0 bridgehead atoms. The van der Waals surface area contributed by atoms with Crippen LogP contribution in [0.25, 0.3) is 0 Å². The van der Waals surface area contributed by atoms with Crippen LogP contribution in [0.15, 0.2) is 54.6 Å². The first-order valence-electron chi connectivity index (χ1n) is 10.1. The maximum atomic E-state index is 14.0. The van der Waals surface area contributed by atoms with Gasteiger partial charge in [-0.15, -0.1) is 0 Å². The number of rotatable bonds is 7. The Hall–Kier alpha value is -2.17. The quantitative estimate of drug-likeness (QED) is 0.315. The predicted molar refractivity (Wildman–Crippen MR) is 114 cm³/mol. The van der Waals surface area contributed by atoms with E-state index >= 15 is 0 Å². The number of nitrogens with zero attached hydrogens (tertiary/aromatic N) is 1. The van der Waals surface area contributed by atoms with Gasteiger partial charge in [0.15, 0.2) is 0 Å². The van der Waals surface area contributed by atoms with Gasteiger partial charge >= 0.3 is 7.60 Å². The Bertz CT molecular complexity index is 869. The summed E-state index contributed by atoms with van der Waals surface area (Å²) in [5, 5.41) is 11.4. The molecule has 2 aromatic rings. The van der Waals surface area contributed by atoms with Gasteiger partial charge in [-0.05, 0) is 54.9 Å². The van der Waals surface area contributed by atoms with Crippen molar-refractivity contribution in [2.24, 2.45) is 17.8 Å². The molecule has 6 nitrogen and oxygen atoms in total. The lowest BCUT2D eigenvalue weighted by Crippen LogP contribution is -2.35. The van der Waals surface area contributed by atoms with Crippen molar-refractivity contribution in [3.05, 3.63) is 64.7 Å². The van der Waals surface area contributed by atoms with E-state index < -0.39 is 12.5 Å². The topological polar surface area (TPSA) is 78.7 Å². The predicted octanol–water partition coefficient (Wildman–Crippen LogP) is 5.97. The molecule has 1 aliphatic rings. The molecule has 0 heterocycles. The molecule has 156 valence electrons. The number of hydrogen-bond acceptors (Lipinski definition) is 5. The zero-order valence-corrected chi connectivity index (χ0v) is 18.0. The summed E-state index contributed by atoms with van der Waals surface area (Å²) in [6.07, 6.45) is 2.85. The Labute approximate surface area is 171 Å². The van der Waals surface area contributed by atoms with Crippen molar-refractivity contribution in [2.45, 2.75) is 46.1 Å². The minimum Gasteiger partial charge on any atom is -0.421 e. The van der Waals surface area contributed by atoms with Crippen LogP contribution in [0, 0.1) is 27.9 Å². The summed E-state index contributed by atoms with van der Waals surface area (Å²) >= 11 is 0. The standard InChI is InChI=1S/C22H28NO5P/c1-16(2)21-14-9-17(3)15-22(21)28-29(26,20-7-5-4-6-8-20)27-19-12-10-18(11-13-19)23(24)25/h4-8,10-13,16-17,21-22H,9,14-15H2,1-3H3/t17-,21+,22-,29+/m1/s1. The number of benzene rings is 2. The summed E-state index contributed by atoms with van der Waals surface area (Å²) in [6, 6.07) is 14.5. The first kappa shape index (κ1) is 21.5. The first-order valence-corrected chi connectivity index (χ1v) is 11.6. The molecule has 0 saturated heterocycles. The number of nitro benzene ring substituents is 1. The van der Waals surface area contributed by atoms with Crippen LogP contribution in [0.4, 0.5) is 5.69 Å². The minimum absolute atomic E-state index is 0.0474. The van der Waals surface area contributed by atoms with Crippen LogP contribution >= 0.6 is 7.60 Å². The van der Waals surface area contributed by atoms with Gasteiger partial charge in [0.1, 0.15) is 5.75 Å². The van der Waals surface area contributed by atoms with E-state index in [1.807, 2.05) is 6.07 Å². The molecule has 0 N–H and O–H groups in total. The summed E-state index contributed by atoms with van der Waals surface area (Å²) in [4.78, 5) is 10.4. The summed E-state index contributed by atoms with van der Waals surface area (Å²) in [6.45, 7) is 6.53. The van der Waals surface area contributed by atoms with Crippen molar-refractivity contribution in [3.63, 3.8) is 0 Å². The number of nitro groups is 1. The van der Waals surface area contributed by atoms with Crippen LogP contribution in [0.5, 0.6) is 5.75 Å². The highest BCUT2D eigenvalue weighted by Crippen LogP contribution is 2.52. The smallest absolute Gasteiger partial charge is 0.411 e. The molecule has 0 radical (unpaired) electrons. The SMILES string of the molecule is CC(C)[C@@H]1CC[C@@H](C)C[C@H]1O[P@@](=O)(Oc1ccc([N+](=O)[O-])cc1)c1ccccc1. The van der Waals surface area contributed by atoms with E-state index in [4.69, 9.17) is 9.05 Å². The maximum Gasteiger partial charge on any atom is 0.411 e. The molecule has 1 saturated carbocycles. The van der Waals surface area contributed by atoms with E-state index in [1.54, 1.807) is 24.3 Å². The number of non-ortho nitro benzene ring substituents is 1. The maximum absolute atomic E-state index is 14.0. The molecule has 0 aliphatic heterocycles. The second-order valence-corrected chi connectivity index (χ2v) is 10.0. The molecule has 1 fully saturated rings. The van der Waals surface area contributed by atoms with Crippen LogP contribution in [-0.2, 0) is 9.09 Å². The summed E-state index contributed by atoms with van der Waals surface area (Å²) < 4.78 is 26.2. The van der Waals surface area contributed by atoms with Crippen molar-refractivity contribution >= 4 is 18.6 Å². The van der Waals surface area contributed by atoms with Gasteiger partial charge in [-0.25, -0.2) is 4.57 Å². The third-order valence-electron chi connectivity index (χ3n) is 5.58. The van der Waals surface area contributed by atoms with Gasteiger partial charge in [0.25, 0.3) is 5.69 Å². The lowest BCUT2D eigenvalue weighted by molar-refractivity contribution is -0.384. The summed E-state index contributed by atoms with van der Waals surface area (Å²) in [5.74, 6) is 1.51. The molecule has 1 aliphatic carbocycles. The summed E-state index contributed by atoms with van der Waals surface area (Å²) in [7, 11) is -3.67.